The van der Waals surface area contributed by atoms with Crippen molar-refractivity contribution in [1.82, 2.24) is 0 Å². The van der Waals surface area contributed by atoms with Crippen molar-refractivity contribution in [2.45, 2.75) is 34.3 Å². The molecule has 0 saturated heterocycles. The first-order valence-corrected chi connectivity index (χ1v) is 8.95. The van der Waals surface area contributed by atoms with E-state index in [9.17, 15) is 0 Å². The maximum Gasteiger partial charge on any atom is 0.203 e. The van der Waals surface area contributed by atoms with E-state index in [1.807, 2.05) is 58.0 Å². The highest BCUT2D eigenvalue weighted by Gasteiger charge is 2.15. The van der Waals surface area contributed by atoms with Crippen molar-refractivity contribution >= 4 is 0 Å². The minimum Gasteiger partial charge on any atom is -0.497 e. The van der Waals surface area contributed by atoms with Gasteiger partial charge < -0.3 is 23.7 Å². The second kappa shape index (κ2) is 9.80. The lowest BCUT2D eigenvalue weighted by atomic mass is 10.2. The molecule has 0 aliphatic rings. The molecule has 0 atom stereocenters. The number of hydrogen-bond donors (Lipinski definition) is 0. The lowest BCUT2D eigenvalue weighted by Crippen LogP contribution is -2.05. The Kier molecular flexibility index (Phi) is 7.45. The van der Waals surface area contributed by atoms with Crippen LogP contribution in [0, 0.1) is 6.92 Å². The number of methoxy groups -OCH3 is 1. The zero-order valence-electron chi connectivity index (χ0n) is 16.3. The smallest absolute Gasteiger partial charge is 0.203 e. The molecule has 0 N–H and O–H groups in total. The molecule has 2 rings (SSSR count). The quantitative estimate of drug-likeness (QED) is 0.610. The van der Waals surface area contributed by atoms with Crippen molar-refractivity contribution in [3.8, 4) is 28.7 Å². The van der Waals surface area contributed by atoms with Gasteiger partial charge in [-0.05, 0) is 57.0 Å². The first-order chi connectivity index (χ1) is 12.6. The summed E-state index contributed by atoms with van der Waals surface area (Å²) in [6.45, 7) is 9.85. The number of benzene rings is 2. The van der Waals surface area contributed by atoms with Crippen molar-refractivity contribution in [3.05, 3.63) is 41.5 Å². The van der Waals surface area contributed by atoms with E-state index >= 15 is 0 Å². The van der Waals surface area contributed by atoms with Gasteiger partial charge in [-0.2, -0.15) is 0 Å². The fourth-order valence-corrected chi connectivity index (χ4v) is 2.55. The molecule has 0 aliphatic heterocycles. The third-order valence-corrected chi connectivity index (χ3v) is 3.76. The maximum atomic E-state index is 6.00. The van der Waals surface area contributed by atoms with Gasteiger partial charge in [0.1, 0.15) is 18.1 Å². The number of aryl methyl sites for hydroxylation is 1. The Morgan fingerprint density at radius 1 is 0.731 bits per heavy atom. The van der Waals surface area contributed by atoms with Crippen LogP contribution in [0.15, 0.2) is 30.3 Å². The molecule has 0 fully saturated rings. The van der Waals surface area contributed by atoms with Crippen molar-refractivity contribution in [3.63, 3.8) is 0 Å². The van der Waals surface area contributed by atoms with Crippen LogP contribution in [0.25, 0.3) is 0 Å². The Morgan fingerprint density at radius 2 is 1.35 bits per heavy atom. The topological polar surface area (TPSA) is 46.2 Å². The molecule has 0 bridgehead atoms. The molecule has 0 saturated carbocycles. The molecule has 0 spiro atoms. The highest BCUT2D eigenvalue weighted by molar-refractivity contribution is 5.54. The Hall–Kier alpha value is -2.56. The maximum absolute atomic E-state index is 6.00. The molecule has 142 valence electrons. The highest BCUT2D eigenvalue weighted by atomic mass is 16.5. The summed E-state index contributed by atoms with van der Waals surface area (Å²) in [5, 5.41) is 0. The van der Waals surface area contributed by atoms with E-state index in [0.717, 1.165) is 22.6 Å². The van der Waals surface area contributed by atoms with Crippen LogP contribution < -0.4 is 23.7 Å². The average Bonchev–Trinajstić information content (AvgIpc) is 2.64. The van der Waals surface area contributed by atoms with E-state index < -0.39 is 0 Å². The summed E-state index contributed by atoms with van der Waals surface area (Å²) in [5.41, 5.74) is 1.99. The average molecular weight is 360 g/mol. The van der Waals surface area contributed by atoms with Crippen LogP contribution in [0.4, 0.5) is 0 Å². The van der Waals surface area contributed by atoms with Crippen LogP contribution in [-0.4, -0.2) is 26.9 Å². The summed E-state index contributed by atoms with van der Waals surface area (Å²) in [4.78, 5) is 0. The van der Waals surface area contributed by atoms with Crippen LogP contribution in [0.2, 0.25) is 0 Å². The Morgan fingerprint density at radius 3 is 1.88 bits per heavy atom. The monoisotopic (exact) mass is 360 g/mol. The normalized spacial score (nSPS) is 10.3. The number of hydrogen-bond acceptors (Lipinski definition) is 5. The summed E-state index contributed by atoms with van der Waals surface area (Å²) >= 11 is 0. The molecule has 0 aliphatic carbocycles. The summed E-state index contributed by atoms with van der Waals surface area (Å²) in [5.74, 6) is 3.52. The van der Waals surface area contributed by atoms with E-state index in [1.54, 1.807) is 7.11 Å². The third kappa shape index (κ3) is 4.97. The zero-order chi connectivity index (χ0) is 18.9. The molecule has 5 heteroatoms. The first-order valence-electron chi connectivity index (χ1n) is 8.95. The van der Waals surface area contributed by atoms with Gasteiger partial charge >= 0.3 is 0 Å². The van der Waals surface area contributed by atoms with E-state index in [-0.39, 0.29) is 0 Å². The van der Waals surface area contributed by atoms with Crippen LogP contribution in [0.5, 0.6) is 28.7 Å². The van der Waals surface area contributed by atoms with Gasteiger partial charge in [0.15, 0.2) is 11.5 Å². The van der Waals surface area contributed by atoms with Gasteiger partial charge in [-0.15, -0.1) is 0 Å². The Balaban J connectivity index is 2.28. The van der Waals surface area contributed by atoms with E-state index in [1.165, 1.54) is 0 Å². The van der Waals surface area contributed by atoms with Crippen LogP contribution in [-0.2, 0) is 6.61 Å². The van der Waals surface area contributed by atoms with Crippen molar-refractivity contribution in [2.75, 3.05) is 26.9 Å². The Labute approximate surface area is 155 Å². The van der Waals surface area contributed by atoms with E-state index in [4.69, 9.17) is 23.7 Å². The fourth-order valence-electron chi connectivity index (χ4n) is 2.55. The molecular weight excluding hydrogens is 332 g/mol. The van der Waals surface area contributed by atoms with E-state index in [0.29, 0.717) is 43.7 Å². The van der Waals surface area contributed by atoms with E-state index in [2.05, 4.69) is 0 Å². The third-order valence-electron chi connectivity index (χ3n) is 3.76. The van der Waals surface area contributed by atoms with Gasteiger partial charge in [0, 0.05) is 6.07 Å². The van der Waals surface area contributed by atoms with Gasteiger partial charge in [0.05, 0.1) is 26.9 Å². The van der Waals surface area contributed by atoms with Gasteiger partial charge in [0.2, 0.25) is 5.75 Å². The lowest BCUT2D eigenvalue weighted by molar-refractivity contribution is 0.257. The molecule has 26 heavy (non-hydrogen) atoms. The van der Waals surface area contributed by atoms with Gasteiger partial charge in [-0.3, -0.25) is 0 Å². The van der Waals surface area contributed by atoms with Crippen molar-refractivity contribution < 1.29 is 23.7 Å². The minimum atomic E-state index is 0.389. The summed E-state index contributed by atoms with van der Waals surface area (Å²) < 4.78 is 28.5. The molecule has 2 aromatic rings. The molecule has 0 radical (unpaired) electrons. The highest BCUT2D eigenvalue weighted by Crippen LogP contribution is 2.39. The van der Waals surface area contributed by atoms with Crippen LogP contribution in [0.3, 0.4) is 0 Å². The number of rotatable bonds is 10. The van der Waals surface area contributed by atoms with Crippen molar-refractivity contribution in [2.24, 2.45) is 0 Å². The molecule has 5 nitrogen and oxygen atoms in total. The molecule has 0 amide bonds. The van der Waals surface area contributed by atoms with Crippen LogP contribution >= 0.6 is 0 Å². The molecule has 0 heterocycles. The number of ether oxygens (including phenoxy) is 5. The Bertz CT molecular complexity index is 685. The summed E-state index contributed by atoms with van der Waals surface area (Å²) in [6, 6.07) is 9.65. The lowest BCUT2D eigenvalue weighted by Gasteiger charge is -2.18. The van der Waals surface area contributed by atoms with Gasteiger partial charge in [-0.1, -0.05) is 6.07 Å². The predicted molar refractivity (Wildman–Crippen MR) is 102 cm³/mol. The predicted octanol–water partition coefficient (Wildman–Crippen LogP) is 4.78. The molecule has 0 aromatic heterocycles. The molecule has 2 aromatic carbocycles. The largest absolute Gasteiger partial charge is 0.497 e. The first kappa shape index (κ1) is 19.8. The minimum absolute atomic E-state index is 0.389. The zero-order valence-corrected chi connectivity index (χ0v) is 16.3. The second-order valence-corrected chi connectivity index (χ2v) is 5.64. The standard InChI is InChI=1S/C21H28O5/c1-6-23-19-11-16(12-20(24-7-2)21(19)25-8-3)14-26-18-13-17(22-5)10-9-15(18)4/h9-13H,6-8,14H2,1-5H3. The van der Waals surface area contributed by atoms with Crippen LogP contribution in [0.1, 0.15) is 31.9 Å². The molecular formula is C21H28O5. The SMILES string of the molecule is CCOc1cc(COc2cc(OC)ccc2C)cc(OCC)c1OCC. The molecule has 0 unspecified atom stereocenters. The van der Waals surface area contributed by atoms with Gasteiger partial charge in [-0.25, -0.2) is 0 Å². The fraction of sp³-hybridized carbons (Fsp3) is 0.429. The van der Waals surface area contributed by atoms with Gasteiger partial charge in [0.25, 0.3) is 0 Å². The summed E-state index contributed by atoms with van der Waals surface area (Å²) in [6.07, 6.45) is 0. The van der Waals surface area contributed by atoms with Crippen molar-refractivity contribution in [1.29, 1.82) is 0 Å². The summed E-state index contributed by atoms with van der Waals surface area (Å²) in [7, 11) is 1.64. The second-order valence-electron chi connectivity index (χ2n) is 5.64.